The Morgan fingerprint density at radius 2 is 2.00 bits per heavy atom. The van der Waals surface area contributed by atoms with Gasteiger partial charge < -0.3 is 5.32 Å². The fourth-order valence-corrected chi connectivity index (χ4v) is 2.56. The van der Waals surface area contributed by atoms with Crippen LogP contribution < -0.4 is 5.32 Å². The lowest BCUT2D eigenvalue weighted by Crippen LogP contribution is -2.22. The summed E-state index contributed by atoms with van der Waals surface area (Å²) >= 11 is 5.94. The van der Waals surface area contributed by atoms with Crippen LogP contribution in [-0.2, 0) is 0 Å². The van der Waals surface area contributed by atoms with E-state index >= 15 is 0 Å². The summed E-state index contributed by atoms with van der Waals surface area (Å²) in [5.74, 6) is 0. The average molecular weight is 269 g/mol. The molecular weight excluding hydrogens is 252 g/mol. The molecule has 0 saturated heterocycles. The van der Waals surface area contributed by atoms with Gasteiger partial charge in [-0.3, -0.25) is 10.1 Å². The molecule has 1 N–H and O–H groups in total. The second kappa shape index (κ2) is 5.57. The van der Waals surface area contributed by atoms with E-state index < -0.39 is 0 Å². The monoisotopic (exact) mass is 268 g/mol. The fraction of sp³-hybridized carbons (Fsp3) is 0.538. The lowest BCUT2D eigenvalue weighted by molar-refractivity contribution is -0.384. The van der Waals surface area contributed by atoms with E-state index in [9.17, 15) is 10.1 Å². The maximum absolute atomic E-state index is 11.0. The van der Waals surface area contributed by atoms with Crippen LogP contribution in [0.25, 0.3) is 0 Å². The first-order valence-corrected chi connectivity index (χ1v) is 6.67. The highest BCUT2D eigenvalue weighted by molar-refractivity contribution is 6.31. The summed E-state index contributed by atoms with van der Waals surface area (Å²) in [7, 11) is 0. The summed E-state index contributed by atoms with van der Waals surface area (Å²) in [6, 6.07) is 3.55. The van der Waals surface area contributed by atoms with Crippen LogP contribution in [0.15, 0.2) is 12.1 Å². The van der Waals surface area contributed by atoms with Crippen LogP contribution in [0.5, 0.6) is 0 Å². The molecule has 2 rings (SSSR count). The maximum atomic E-state index is 11.0. The van der Waals surface area contributed by atoms with E-state index in [1.807, 2.05) is 6.92 Å². The van der Waals surface area contributed by atoms with E-state index in [0.717, 1.165) is 18.4 Å². The third-order valence-electron chi connectivity index (χ3n) is 3.44. The molecule has 0 aromatic heterocycles. The summed E-state index contributed by atoms with van der Waals surface area (Å²) in [4.78, 5) is 10.7. The maximum Gasteiger partial charge on any atom is 0.293 e. The minimum atomic E-state index is -0.378. The quantitative estimate of drug-likeness (QED) is 0.657. The molecule has 1 fully saturated rings. The predicted molar refractivity (Wildman–Crippen MR) is 73.3 cm³/mol. The van der Waals surface area contributed by atoms with Crippen LogP contribution in [0.4, 0.5) is 11.4 Å². The lowest BCUT2D eigenvalue weighted by Gasteiger charge is -2.24. The van der Waals surface area contributed by atoms with E-state index in [2.05, 4.69) is 5.32 Å². The van der Waals surface area contributed by atoms with Gasteiger partial charge in [0, 0.05) is 12.1 Å². The van der Waals surface area contributed by atoms with E-state index in [1.165, 1.54) is 25.3 Å². The van der Waals surface area contributed by atoms with Gasteiger partial charge in [-0.1, -0.05) is 30.9 Å². The van der Waals surface area contributed by atoms with Crippen LogP contribution in [0.2, 0.25) is 5.02 Å². The van der Waals surface area contributed by atoms with Gasteiger partial charge in [0.15, 0.2) is 0 Å². The number of nitro groups is 1. The zero-order chi connectivity index (χ0) is 13.1. The lowest BCUT2D eigenvalue weighted by atomic mass is 9.95. The van der Waals surface area contributed by atoms with E-state index in [0.29, 0.717) is 16.8 Å². The summed E-state index contributed by atoms with van der Waals surface area (Å²) in [6.45, 7) is 1.86. The summed E-state index contributed by atoms with van der Waals surface area (Å²) in [5, 5.41) is 14.8. The molecule has 0 atom stereocenters. The standard InChI is InChI=1S/C13H17ClN2O2/c1-9-7-12(13(16(17)18)8-11(9)14)15-10-5-3-2-4-6-10/h7-8,10,15H,2-6H2,1H3. The number of hydrogen-bond acceptors (Lipinski definition) is 3. The normalized spacial score (nSPS) is 16.6. The fourth-order valence-electron chi connectivity index (χ4n) is 2.40. The van der Waals surface area contributed by atoms with E-state index in [4.69, 9.17) is 11.6 Å². The number of halogens is 1. The van der Waals surface area contributed by atoms with Gasteiger partial charge in [0.2, 0.25) is 0 Å². The molecule has 1 aromatic rings. The van der Waals surface area contributed by atoms with Gasteiger partial charge >= 0.3 is 0 Å². The Balaban J connectivity index is 2.24. The molecule has 0 heterocycles. The minimum Gasteiger partial charge on any atom is -0.377 e. The molecule has 1 aliphatic carbocycles. The molecule has 5 heteroatoms. The number of nitro benzene ring substituents is 1. The van der Waals surface area contributed by atoms with Crippen molar-refractivity contribution in [3.63, 3.8) is 0 Å². The van der Waals surface area contributed by atoms with Crippen molar-refractivity contribution in [2.45, 2.75) is 45.1 Å². The highest BCUT2D eigenvalue weighted by Gasteiger charge is 2.20. The first-order valence-electron chi connectivity index (χ1n) is 6.29. The average Bonchev–Trinajstić information content (AvgIpc) is 2.34. The van der Waals surface area contributed by atoms with Crippen molar-refractivity contribution in [2.24, 2.45) is 0 Å². The molecular formula is C13H17ClN2O2. The summed E-state index contributed by atoms with van der Waals surface area (Å²) in [5.41, 5.74) is 1.52. The molecule has 98 valence electrons. The number of nitrogens with one attached hydrogen (secondary N) is 1. The topological polar surface area (TPSA) is 55.2 Å². The largest absolute Gasteiger partial charge is 0.377 e. The number of hydrogen-bond donors (Lipinski definition) is 1. The van der Waals surface area contributed by atoms with Crippen molar-refractivity contribution < 1.29 is 4.92 Å². The van der Waals surface area contributed by atoms with Crippen molar-refractivity contribution in [3.05, 3.63) is 32.8 Å². The first kappa shape index (κ1) is 13.1. The summed E-state index contributed by atoms with van der Waals surface area (Å²) < 4.78 is 0. The number of anilines is 1. The number of aryl methyl sites for hydroxylation is 1. The van der Waals surface area contributed by atoms with Crippen molar-refractivity contribution >= 4 is 23.0 Å². The van der Waals surface area contributed by atoms with Crippen molar-refractivity contribution in [2.75, 3.05) is 5.32 Å². The highest BCUT2D eigenvalue weighted by atomic mass is 35.5. The van der Waals surface area contributed by atoms with Gasteiger partial charge in [0.05, 0.1) is 9.95 Å². The molecule has 0 aliphatic heterocycles. The van der Waals surface area contributed by atoms with Crippen LogP contribution >= 0.6 is 11.6 Å². The van der Waals surface area contributed by atoms with Crippen molar-refractivity contribution in [3.8, 4) is 0 Å². The Morgan fingerprint density at radius 3 is 2.61 bits per heavy atom. The molecule has 18 heavy (non-hydrogen) atoms. The zero-order valence-corrected chi connectivity index (χ0v) is 11.2. The van der Waals surface area contributed by atoms with Gasteiger partial charge in [0.25, 0.3) is 5.69 Å². The molecule has 1 aliphatic rings. The third-order valence-corrected chi connectivity index (χ3v) is 3.85. The molecule has 4 nitrogen and oxygen atoms in total. The van der Waals surface area contributed by atoms with Crippen LogP contribution in [0, 0.1) is 17.0 Å². The van der Waals surface area contributed by atoms with E-state index in [-0.39, 0.29) is 10.6 Å². The van der Waals surface area contributed by atoms with Crippen molar-refractivity contribution in [1.29, 1.82) is 0 Å². The van der Waals surface area contributed by atoms with Crippen LogP contribution in [0.3, 0.4) is 0 Å². The molecule has 0 spiro atoms. The van der Waals surface area contributed by atoms with Crippen LogP contribution in [0.1, 0.15) is 37.7 Å². The Hall–Kier alpha value is -1.29. The number of nitrogens with zero attached hydrogens (tertiary/aromatic N) is 1. The molecule has 0 unspecified atom stereocenters. The molecule has 1 saturated carbocycles. The first-order chi connectivity index (χ1) is 8.58. The number of benzene rings is 1. The molecule has 1 aromatic carbocycles. The van der Waals surface area contributed by atoms with Gasteiger partial charge in [-0.15, -0.1) is 0 Å². The molecule has 0 amide bonds. The highest BCUT2D eigenvalue weighted by Crippen LogP contribution is 2.32. The van der Waals surface area contributed by atoms with Crippen LogP contribution in [-0.4, -0.2) is 11.0 Å². The minimum absolute atomic E-state index is 0.0659. The second-order valence-electron chi connectivity index (χ2n) is 4.85. The Bertz CT molecular complexity index is 457. The molecule has 0 bridgehead atoms. The van der Waals surface area contributed by atoms with Gasteiger partial charge in [-0.25, -0.2) is 0 Å². The SMILES string of the molecule is Cc1cc(NC2CCCCC2)c([N+](=O)[O-])cc1Cl. The zero-order valence-electron chi connectivity index (χ0n) is 10.4. The smallest absolute Gasteiger partial charge is 0.293 e. The number of rotatable bonds is 3. The van der Waals surface area contributed by atoms with Gasteiger partial charge in [0.1, 0.15) is 5.69 Å². The summed E-state index contributed by atoms with van der Waals surface area (Å²) in [6.07, 6.45) is 5.81. The Labute approximate surface area is 111 Å². The van der Waals surface area contributed by atoms with Gasteiger partial charge in [-0.05, 0) is 31.4 Å². The van der Waals surface area contributed by atoms with Crippen molar-refractivity contribution in [1.82, 2.24) is 0 Å². The predicted octanol–water partition coefficient (Wildman–Crippen LogP) is 4.30. The second-order valence-corrected chi connectivity index (χ2v) is 5.26. The molecule has 0 radical (unpaired) electrons. The Morgan fingerprint density at radius 1 is 1.33 bits per heavy atom. The van der Waals surface area contributed by atoms with Gasteiger partial charge in [-0.2, -0.15) is 0 Å². The Kier molecular flexibility index (Phi) is 4.07. The van der Waals surface area contributed by atoms with E-state index in [1.54, 1.807) is 6.07 Å². The third kappa shape index (κ3) is 2.93.